The quantitative estimate of drug-likeness (QED) is 0.446. The zero-order chi connectivity index (χ0) is 17.8. The predicted octanol–water partition coefficient (Wildman–Crippen LogP) is -3.59. The highest BCUT2D eigenvalue weighted by Crippen LogP contribution is 2.32. The number of aryl methyl sites for hydroxylation is 1. The van der Waals surface area contributed by atoms with Crippen molar-refractivity contribution in [2.75, 3.05) is 6.61 Å². The zero-order valence-electron chi connectivity index (χ0n) is 13.0. The van der Waals surface area contributed by atoms with Crippen molar-refractivity contribution in [3.63, 3.8) is 0 Å². The molecule has 3 heterocycles. The van der Waals surface area contributed by atoms with Gasteiger partial charge in [0.25, 0.3) is 5.56 Å². The Balaban J connectivity index is 2.15. The highest BCUT2D eigenvalue weighted by molar-refractivity contribution is 5.70. The summed E-state index contributed by atoms with van der Waals surface area (Å²) in [4.78, 5) is 28.3. The van der Waals surface area contributed by atoms with Crippen LogP contribution in [0, 0.1) is 0 Å². The van der Waals surface area contributed by atoms with Crippen molar-refractivity contribution in [2.45, 2.75) is 30.6 Å². The molecule has 0 saturated carbocycles. The van der Waals surface area contributed by atoms with E-state index in [1.54, 1.807) is 0 Å². The minimum Gasteiger partial charge on any atom is -0.394 e. The van der Waals surface area contributed by atoms with Crippen LogP contribution in [0.15, 0.2) is 15.9 Å². The smallest absolute Gasteiger partial charge is 0.332 e. The molecule has 5 atom stereocenters. The van der Waals surface area contributed by atoms with Gasteiger partial charge >= 0.3 is 5.69 Å². The molecule has 132 valence electrons. The molecule has 3 rings (SSSR count). The highest BCUT2D eigenvalue weighted by atomic mass is 16.6. The summed E-state index contributed by atoms with van der Waals surface area (Å²) >= 11 is 0. The maximum atomic E-state index is 12.4. The molecular formula is C13H18N4O7. The largest absolute Gasteiger partial charge is 0.394 e. The fraction of sp³-hybridized carbons (Fsp3) is 0.615. The molecule has 24 heavy (non-hydrogen) atoms. The molecule has 1 fully saturated rings. The Kier molecular flexibility index (Phi) is 4.05. The van der Waals surface area contributed by atoms with Crippen LogP contribution in [0.5, 0.6) is 0 Å². The molecular weight excluding hydrogens is 324 g/mol. The Hall–Kier alpha value is -2.05. The molecule has 2 aromatic rings. The molecule has 0 unspecified atom stereocenters. The highest BCUT2D eigenvalue weighted by Gasteiger charge is 2.47. The van der Waals surface area contributed by atoms with Crippen molar-refractivity contribution in [3.8, 4) is 0 Å². The Labute approximate surface area is 134 Å². The van der Waals surface area contributed by atoms with E-state index in [1.807, 2.05) is 0 Å². The van der Waals surface area contributed by atoms with Crippen LogP contribution < -0.4 is 11.2 Å². The third-order valence-electron chi connectivity index (χ3n) is 4.29. The van der Waals surface area contributed by atoms with Crippen LogP contribution >= 0.6 is 0 Å². The van der Waals surface area contributed by atoms with Crippen molar-refractivity contribution in [3.05, 3.63) is 27.2 Å². The zero-order valence-corrected chi connectivity index (χ0v) is 13.0. The summed E-state index contributed by atoms with van der Waals surface area (Å²) in [6, 6.07) is 0. The lowest BCUT2D eigenvalue weighted by atomic mass is 10.1. The third-order valence-corrected chi connectivity index (χ3v) is 4.29. The second-order valence-electron chi connectivity index (χ2n) is 5.75. The van der Waals surface area contributed by atoms with Gasteiger partial charge in [-0.25, -0.2) is 9.78 Å². The second kappa shape index (κ2) is 5.79. The first-order chi connectivity index (χ1) is 11.3. The SMILES string of the molecule is Cn1c(=O)c2c(ncn2[C@H]2O[C@@H]([C@H](O)CO)[C@H](O)[C@H]2O)n(C)c1=O. The van der Waals surface area contributed by atoms with E-state index < -0.39 is 48.5 Å². The first kappa shape index (κ1) is 16.8. The summed E-state index contributed by atoms with van der Waals surface area (Å²) in [5.74, 6) is 0. The van der Waals surface area contributed by atoms with Crippen molar-refractivity contribution in [1.82, 2.24) is 18.7 Å². The van der Waals surface area contributed by atoms with Crippen LogP contribution in [0.4, 0.5) is 0 Å². The van der Waals surface area contributed by atoms with Crippen LogP contribution in [-0.4, -0.2) is 70.1 Å². The van der Waals surface area contributed by atoms with Gasteiger partial charge < -0.3 is 25.2 Å². The first-order valence-electron chi connectivity index (χ1n) is 7.22. The molecule has 2 aromatic heterocycles. The molecule has 0 radical (unpaired) electrons. The summed E-state index contributed by atoms with van der Waals surface area (Å²) in [6.45, 7) is -0.665. The molecule has 1 aliphatic rings. The van der Waals surface area contributed by atoms with Crippen molar-refractivity contribution in [2.24, 2.45) is 14.1 Å². The summed E-state index contributed by atoms with van der Waals surface area (Å²) < 4.78 is 8.70. The maximum Gasteiger partial charge on any atom is 0.332 e. The van der Waals surface area contributed by atoms with E-state index in [0.717, 1.165) is 4.57 Å². The summed E-state index contributed by atoms with van der Waals surface area (Å²) in [7, 11) is 2.75. The number of hydrogen-bond acceptors (Lipinski definition) is 8. The number of aromatic nitrogens is 4. The van der Waals surface area contributed by atoms with E-state index in [-0.39, 0.29) is 11.2 Å². The Bertz CT molecular complexity index is 885. The summed E-state index contributed by atoms with van der Waals surface area (Å²) in [6.07, 6.45) is -5.56. The number of fused-ring (bicyclic) bond motifs is 1. The van der Waals surface area contributed by atoms with Gasteiger partial charge in [0.2, 0.25) is 0 Å². The van der Waals surface area contributed by atoms with Gasteiger partial charge in [-0.3, -0.25) is 18.5 Å². The van der Waals surface area contributed by atoms with Gasteiger partial charge in [-0.15, -0.1) is 0 Å². The first-order valence-corrected chi connectivity index (χ1v) is 7.22. The molecule has 0 amide bonds. The number of ether oxygens (including phenoxy) is 1. The van der Waals surface area contributed by atoms with Crippen LogP contribution in [0.25, 0.3) is 11.2 Å². The Morgan fingerprint density at radius 3 is 2.54 bits per heavy atom. The van der Waals surface area contributed by atoms with E-state index in [2.05, 4.69) is 4.98 Å². The van der Waals surface area contributed by atoms with Gasteiger partial charge in [0.1, 0.15) is 24.4 Å². The lowest BCUT2D eigenvalue weighted by Gasteiger charge is -2.19. The average Bonchev–Trinajstić information content (AvgIpc) is 3.13. The van der Waals surface area contributed by atoms with Crippen LogP contribution in [-0.2, 0) is 18.8 Å². The van der Waals surface area contributed by atoms with Crippen LogP contribution in [0.2, 0.25) is 0 Å². The fourth-order valence-electron chi connectivity index (χ4n) is 2.89. The molecule has 0 spiro atoms. The van der Waals surface area contributed by atoms with Crippen LogP contribution in [0.1, 0.15) is 6.23 Å². The van der Waals surface area contributed by atoms with E-state index in [0.29, 0.717) is 0 Å². The molecule has 11 heteroatoms. The van der Waals surface area contributed by atoms with E-state index >= 15 is 0 Å². The van der Waals surface area contributed by atoms with Gasteiger partial charge in [0.05, 0.1) is 12.9 Å². The van der Waals surface area contributed by atoms with Gasteiger partial charge in [0.15, 0.2) is 17.4 Å². The minimum absolute atomic E-state index is 0.00925. The van der Waals surface area contributed by atoms with Gasteiger partial charge in [-0.2, -0.15) is 0 Å². The monoisotopic (exact) mass is 342 g/mol. The van der Waals surface area contributed by atoms with E-state index in [9.17, 15) is 24.9 Å². The van der Waals surface area contributed by atoms with Crippen LogP contribution in [0.3, 0.4) is 0 Å². The molecule has 1 saturated heterocycles. The topological polar surface area (TPSA) is 152 Å². The molecule has 0 bridgehead atoms. The lowest BCUT2D eigenvalue weighted by Crippen LogP contribution is -2.40. The number of hydrogen-bond donors (Lipinski definition) is 4. The lowest BCUT2D eigenvalue weighted by molar-refractivity contribution is -0.0961. The standard InChI is InChI=1S/C13H18N4O7/c1-15-10-6(11(22)16(2)13(15)23)17(4-14-10)12-8(21)7(20)9(24-12)5(19)3-18/h4-5,7-9,12,18-21H,3H2,1-2H3/t5-,7-,8-,9+,12+/m1/s1. The molecule has 0 aliphatic carbocycles. The van der Waals surface area contributed by atoms with Crippen molar-refractivity contribution in [1.29, 1.82) is 0 Å². The minimum atomic E-state index is -1.47. The maximum absolute atomic E-state index is 12.4. The number of imidazole rings is 1. The number of aliphatic hydroxyl groups excluding tert-OH is 4. The van der Waals surface area contributed by atoms with Gasteiger partial charge in [-0.05, 0) is 0 Å². The van der Waals surface area contributed by atoms with Gasteiger partial charge in [0, 0.05) is 14.1 Å². The Morgan fingerprint density at radius 2 is 1.92 bits per heavy atom. The molecule has 11 nitrogen and oxygen atoms in total. The number of rotatable bonds is 3. The molecule has 1 aliphatic heterocycles. The third kappa shape index (κ3) is 2.21. The summed E-state index contributed by atoms with van der Waals surface area (Å²) in [5.41, 5.74) is -1.09. The number of nitrogens with zero attached hydrogens (tertiary/aromatic N) is 4. The summed E-state index contributed by atoms with van der Waals surface area (Å²) in [5, 5.41) is 38.9. The molecule has 4 N–H and O–H groups in total. The average molecular weight is 342 g/mol. The van der Waals surface area contributed by atoms with Crippen molar-refractivity contribution < 1.29 is 25.2 Å². The van der Waals surface area contributed by atoms with Crippen molar-refractivity contribution >= 4 is 11.2 Å². The predicted molar refractivity (Wildman–Crippen MR) is 79.2 cm³/mol. The molecule has 0 aromatic carbocycles. The van der Waals surface area contributed by atoms with Gasteiger partial charge in [-0.1, -0.05) is 0 Å². The number of aliphatic hydroxyl groups is 4. The van der Waals surface area contributed by atoms with E-state index in [1.165, 1.54) is 29.6 Å². The normalized spacial score (nSPS) is 28.6. The second-order valence-corrected chi connectivity index (χ2v) is 5.75. The fourth-order valence-corrected chi connectivity index (χ4v) is 2.89. The van der Waals surface area contributed by atoms with E-state index in [4.69, 9.17) is 9.84 Å². The Morgan fingerprint density at radius 1 is 1.25 bits per heavy atom.